The van der Waals surface area contributed by atoms with Gasteiger partial charge in [0.25, 0.3) is 0 Å². The van der Waals surface area contributed by atoms with E-state index < -0.39 is 0 Å². The van der Waals surface area contributed by atoms with Crippen molar-refractivity contribution >= 4 is 27.2 Å². The van der Waals surface area contributed by atoms with E-state index in [1.165, 1.54) is 15.0 Å². The number of aryl methyl sites for hydroxylation is 2. The number of H-pyrrole nitrogens is 1. The van der Waals surface area contributed by atoms with Gasteiger partial charge in [-0.05, 0) is 31.0 Å². The van der Waals surface area contributed by atoms with Crippen LogP contribution in [0.1, 0.15) is 17.4 Å². The summed E-state index contributed by atoms with van der Waals surface area (Å²) in [5.74, 6) is 0.534. The number of rotatable bonds is 2. The minimum Gasteiger partial charge on any atom is -0.297 e. The second-order valence-corrected chi connectivity index (χ2v) is 6.26. The molecule has 0 aliphatic carbocycles. The quantitative estimate of drug-likeness (QED) is 0.617. The number of nitrogens with one attached hydrogen (secondary N) is 1. The Hall–Kier alpha value is -2.54. The number of nitrogens with zero attached hydrogens (tertiary/aromatic N) is 4. The summed E-state index contributed by atoms with van der Waals surface area (Å²) in [6, 6.07) is 3.67. The third kappa shape index (κ3) is 1.79. The van der Waals surface area contributed by atoms with Crippen LogP contribution in [0, 0.1) is 6.92 Å². The summed E-state index contributed by atoms with van der Waals surface area (Å²) in [6.45, 7) is 4.18. The van der Waals surface area contributed by atoms with Gasteiger partial charge in [0.05, 0.1) is 5.39 Å². The van der Waals surface area contributed by atoms with Crippen molar-refractivity contribution in [2.75, 3.05) is 0 Å². The van der Waals surface area contributed by atoms with Crippen molar-refractivity contribution < 1.29 is 0 Å². The maximum atomic E-state index is 12.2. The first-order valence-electron chi connectivity index (χ1n) is 7.00. The first kappa shape index (κ1) is 13.1. The maximum absolute atomic E-state index is 12.2. The van der Waals surface area contributed by atoms with Crippen molar-refractivity contribution in [1.29, 1.82) is 0 Å². The normalized spacial score (nSPS) is 11.5. The van der Waals surface area contributed by atoms with Gasteiger partial charge in [-0.1, -0.05) is 6.92 Å². The largest absolute Gasteiger partial charge is 0.349 e. The van der Waals surface area contributed by atoms with E-state index in [9.17, 15) is 4.79 Å². The lowest BCUT2D eigenvalue weighted by atomic mass is 10.1. The Labute approximate surface area is 129 Å². The molecular weight excluding hydrogens is 298 g/mol. The smallest absolute Gasteiger partial charge is 0.297 e. The average molecular weight is 311 g/mol. The molecule has 0 unspecified atom stereocenters. The fourth-order valence-electron chi connectivity index (χ4n) is 2.72. The molecule has 0 atom stereocenters. The Morgan fingerprint density at radius 3 is 2.82 bits per heavy atom. The Balaban J connectivity index is 2.12. The summed E-state index contributed by atoms with van der Waals surface area (Å²) in [4.78, 5) is 25.8. The average Bonchev–Trinajstić information content (AvgIpc) is 3.09. The summed E-state index contributed by atoms with van der Waals surface area (Å²) in [5, 5.41) is 5.35. The lowest BCUT2D eigenvalue weighted by molar-refractivity contribution is 0.886. The molecule has 0 aromatic carbocycles. The van der Waals surface area contributed by atoms with E-state index in [0.717, 1.165) is 22.2 Å². The molecule has 0 fully saturated rings. The highest BCUT2D eigenvalue weighted by molar-refractivity contribution is 7.18. The number of aromatic nitrogens is 5. The van der Waals surface area contributed by atoms with Crippen LogP contribution in [-0.4, -0.2) is 24.6 Å². The molecule has 0 saturated carbocycles. The molecule has 0 aliphatic heterocycles. The zero-order valence-electron chi connectivity index (χ0n) is 12.1. The van der Waals surface area contributed by atoms with Crippen LogP contribution in [0.3, 0.4) is 0 Å². The highest BCUT2D eigenvalue weighted by atomic mass is 32.1. The number of pyridine rings is 1. The molecule has 0 saturated heterocycles. The van der Waals surface area contributed by atoms with E-state index in [4.69, 9.17) is 0 Å². The fourth-order valence-corrected chi connectivity index (χ4v) is 3.85. The third-order valence-corrected chi connectivity index (χ3v) is 4.81. The summed E-state index contributed by atoms with van der Waals surface area (Å²) in [6.07, 6.45) is 4.27. The summed E-state index contributed by atoms with van der Waals surface area (Å²) in [7, 11) is 0. The van der Waals surface area contributed by atoms with Gasteiger partial charge < -0.3 is 0 Å². The minimum atomic E-state index is -0.265. The highest BCUT2D eigenvalue weighted by Gasteiger charge is 2.17. The van der Waals surface area contributed by atoms with Crippen LogP contribution in [0.15, 0.2) is 29.3 Å². The maximum Gasteiger partial charge on any atom is 0.349 e. The Morgan fingerprint density at radius 2 is 2.09 bits per heavy atom. The Bertz CT molecular complexity index is 1040. The summed E-state index contributed by atoms with van der Waals surface area (Å²) < 4.78 is 1.35. The molecule has 0 radical (unpaired) electrons. The van der Waals surface area contributed by atoms with Crippen LogP contribution < -0.4 is 5.69 Å². The zero-order valence-corrected chi connectivity index (χ0v) is 12.9. The predicted molar refractivity (Wildman–Crippen MR) is 86.3 cm³/mol. The van der Waals surface area contributed by atoms with Gasteiger partial charge in [-0.2, -0.15) is 4.52 Å². The van der Waals surface area contributed by atoms with E-state index in [-0.39, 0.29) is 5.69 Å². The molecule has 0 bridgehead atoms. The molecule has 22 heavy (non-hydrogen) atoms. The number of aromatic amines is 1. The van der Waals surface area contributed by atoms with Crippen LogP contribution in [-0.2, 0) is 6.42 Å². The van der Waals surface area contributed by atoms with Gasteiger partial charge in [-0.15, -0.1) is 16.4 Å². The topological polar surface area (TPSA) is 75.9 Å². The lowest BCUT2D eigenvalue weighted by Gasteiger charge is -1.97. The molecule has 6 nitrogen and oxygen atoms in total. The fraction of sp³-hybridized carbons (Fsp3) is 0.200. The van der Waals surface area contributed by atoms with Crippen LogP contribution in [0.25, 0.3) is 27.3 Å². The van der Waals surface area contributed by atoms with Crippen molar-refractivity contribution in [2.45, 2.75) is 20.3 Å². The molecule has 0 amide bonds. The van der Waals surface area contributed by atoms with Crippen molar-refractivity contribution in [2.24, 2.45) is 0 Å². The molecule has 110 valence electrons. The van der Waals surface area contributed by atoms with Crippen LogP contribution in [0.2, 0.25) is 0 Å². The molecule has 4 rings (SSSR count). The van der Waals surface area contributed by atoms with Crippen LogP contribution >= 0.6 is 11.3 Å². The molecule has 0 aliphatic rings. The third-order valence-electron chi connectivity index (χ3n) is 3.74. The molecule has 0 spiro atoms. The molecular formula is C15H13N5OS. The second-order valence-electron chi connectivity index (χ2n) is 5.03. The van der Waals surface area contributed by atoms with E-state index in [2.05, 4.69) is 33.9 Å². The van der Waals surface area contributed by atoms with Gasteiger partial charge in [0.1, 0.15) is 4.83 Å². The van der Waals surface area contributed by atoms with Crippen molar-refractivity contribution in [3.63, 3.8) is 0 Å². The minimum absolute atomic E-state index is 0.265. The lowest BCUT2D eigenvalue weighted by Crippen LogP contribution is -2.17. The Kier molecular flexibility index (Phi) is 2.83. The van der Waals surface area contributed by atoms with Crippen LogP contribution in [0.5, 0.6) is 0 Å². The van der Waals surface area contributed by atoms with Gasteiger partial charge in [0.2, 0.25) is 0 Å². The first-order chi connectivity index (χ1) is 10.7. The van der Waals surface area contributed by atoms with Crippen molar-refractivity contribution in [1.82, 2.24) is 24.6 Å². The Morgan fingerprint density at radius 1 is 1.32 bits per heavy atom. The number of fused-ring (bicyclic) bond motifs is 3. The summed E-state index contributed by atoms with van der Waals surface area (Å²) >= 11 is 1.59. The first-order valence-corrected chi connectivity index (χ1v) is 7.82. The molecule has 4 heterocycles. The van der Waals surface area contributed by atoms with Crippen molar-refractivity contribution in [3.05, 3.63) is 45.5 Å². The van der Waals surface area contributed by atoms with Gasteiger partial charge in [-0.25, -0.2) is 9.78 Å². The molecule has 1 N–H and O–H groups in total. The van der Waals surface area contributed by atoms with Crippen molar-refractivity contribution in [3.8, 4) is 11.4 Å². The van der Waals surface area contributed by atoms with Gasteiger partial charge >= 0.3 is 5.69 Å². The summed E-state index contributed by atoms with van der Waals surface area (Å²) in [5.41, 5.74) is 2.41. The number of hydrogen-bond donors (Lipinski definition) is 1. The molecule has 4 aromatic heterocycles. The van der Waals surface area contributed by atoms with E-state index in [1.807, 2.05) is 12.1 Å². The molecule has 7 heteroatoms. The monoisotopic (exact) mass is 311 g/mol. The SMILES string of the molecule is CCc1c(C)sc2[nH]c(=O)n3nc(-c4ccncc4)nc3c12. The molecule has 4 aromatic rings. The van der Waals surface area contributed by atoms with E-state index in [0.29, 0.717) is 11.5 Å². The van der Waals surface area contributed by atoms with E-state index in [1.54, 1.807) is 23.7 Å². The standard InChI is InChI=1S/C15H13N5OS/c1-3-10-8(2)22-14-11(10)13-17-12(9-4-6-16-7-5-9)19-20(13)15(21)18-14/h4-7H,3H2,1-2H3,(H,18,21). The number of thiophene rings is 1. The van der Waals surface area contributed by atoms with Crippen LogP contribution in [0.4, 0.5) is 0 Å². The van der Waals surface area contributed by atoms with Gasteiger partial charge in [0, 0.05) is 22.8 Å². The van der Waals surface area contributed by atoms with Gasteiger partial charge in [-0.3, -0.25) is 9.97 Å². The van der Waals surface area contributed by atoms with Gasteiger partial charge in [0.15, 0.2) is 11.5 Å². The predicted octanol–water partition coefficient (Wildman–Crippen LogP) is 2.57. The second kappa shape index (κ2) is 4.74. The highest BCUT2D eigenvalue weighted by Crippen LogP contribution is 2.31. The van der Waals surface area contributed by atoms with E-state index >= 15 is 0 Å². The zero-order chi connectivity index (χ0) is 15.3. The number of hydrogen-bond acceptors (Lipinski definition) is 5.